The highest BCUT2D eigenvalue weighted by atomic mass is 35.5. The molecule has 1 heterocycles. The van der Waals surface area contributed by atoms with Crippen LogP contribution in [0.15, 0.2) is 48.5 Å². The molecule has 0 amide bonds. The Morgan fingerprint density at radius 1 is 1.08 bits per heavy atom. The summed E-state index contributed by atoms with van der Waals surface area (Å²) in [6.45, 7) is 1.14. The molecule has 0 radical (unpaired) electrons. The average Bonchev–Trinajstić information content (AvgIpc) is 2.65. The lowest BCUT2D eigenvalue weighted by molar-refractivity contribution is 0.272. The average molecular weight is 358 g/mol. The van der Waals surface area contributed by atoms with Crippen LogP contribution in [0, 0.1) is 0 Å². The first-order valence-electron chi connectivity index (χ1n) is 8.14. The molecule has 25 heavy (non-hydrogen) atoms. The van der Waals surface area contributed by atoms with Crippen molar-refractivity contribution in [3.8, 4) is 5.75 Å². The third kappa shape index (κ3) is 4.18. The molecule has 5 nitrogen and oxygen atoms in total. The van der Waals surface area contributed by atoms with Crippen LogP contribution < -0.4 is 9.64 Å². The molecule has 0 aliphatic rings. The normalized spacial score (nSPS) is 10.8. The van der Waals surface area contributed by atoms with Crippen molar-refractivity contribution in [1.82, 2.24) is 9.97 Å². The molecule has 0 spiro atoms. The van der Waals surface area contributed by atoms with E-state index >= 15 is 0 Å². The number of anilines is 1. The monoisotopic (exact) mass is 357 g/mol. The van der Waals surface area contributed by atoms with Gasteiger partial charge >= 0.3 is 0 Å². The van der Waals surface area contributed by atoms with Gasteiger partial charge in [0.25, 0.3) is 0 Å². The Morgan fingerprint density at radius 2 is 1.84 bits per heavy atom. The zero-order valence-corrected chi connectivity index (χ0v) is 14.8. The van der Waals surface area contributed by atoms with Gasteiger partial charge in [-0.1, -0.05) is 35.9 Å². The Balaban J connectivity index is 1.66. The smallest absolute Gasteiger partial charge is 0.156 e. The van der Waals surface area contributed by atoms with Crippen LogP contribution in [0.5, 0.6) is 5.75 Å². The van der Waals surface area contributed by atoms with Crippen LogP contribution in [0.2, 0.25) is 5.02 Å². The fourth-order valence-corrected chi connectivity index (χ4v) is 2.81. The van der Waals surface area contributed by atoms with Crippen LogP contribution in [-0.4, -0.2) is 35.3 Å². The number of fused-ring (bicyclic) bond motifs is 1. The molecular formula is C19H20ClN3O2. The van der Waals surface area contributed by atoms with E-state index in [9.17, 15) is 5.11 Å². The molecule has 3 rings (SSSR count). The van der Waals surface area contributed by atoms with Crippen molar-refractivity contribution in [3.05, 3.63) is 59.4 Å². The molecule has 1 N–H and O–H groups in total. The Hall–Kier alpha value is -2.37. The van der Waals surface area contributed by atoms with Crippen LogP contribution in [0.25, 0.3) is 10.9 Å². The summed E-state index contributed by atoms with van der Waals surface area (Å²) in [6.07, 6.45) is 0.814. The van der Waals surface area contributed by atoms with Gasteiger partial charge in [-0.2, -0.15) is 0 Å². The first-order valence-corrected chi connectivity index (χ1v) is 8.52. The summed E-state index contributed by atoms with van der Waals surface area (Å²) >= 11 is 6.08. The fraction of sp³-hybridized carbons (Fsp3) is 0.263. The van der Waals surface area contributed by atoms with Crippen molar-refractivity contribution in [2.75, 3.05) is 25.1 Å². The highest BCUT2D eigenvalue weighted by molar-refractivity contribution is 6.32. The number of para-hydroxylation sites is 2. The maximum absolute atomic E-state index is 9.39. The largest absolute Gasteiger partial charge is 0.492 e. The van der Waals surface area contributed by atoms with Crippen LogP contribution in [0.4, 0.5) is 5.82 Å². The van der Waals surface area contributed by atoms with E-state index in [0.717, 1.165) is 29.7 Å². The summed E-state index contributed by atoms with van der Waals surface area (Å²) in [5.74, 6) is 1.93. The van der Waals surface area contributed by atoms with Gasteiger partial charge in [0, 0.05) is 19.0 Å². The quantitative estimate of drug-likeness (QED) is 0.654. The summed E-state index contributed by atoms with van der Waals surface area (Å²) in [5.41, 5.74) is 0.829. The summed E-state index contributed by atoms with van der Waals surface area (Å²) < 4.78 is 5.72. The van der Waals surface area contributed by atoms with E-state index in [4.69, 9.17) is 16.3 Å². The van der Waals surface area contributed by atoms with Gasteiger partial charge in [-0.3, -0.25) is 0 Å². The van der Waals surface area contributed by atoms with E-state index in [-0.39, 0.29) is 6.61 Å². The Bertz CT molecular complexity index is 857. The summed E-state index contributed by atoms with van der Waals surface area (Å²) in [4.78, 5) is 10.9. The Kier molecular flexibility index (Phi) is 5.68. The zero-order valence-electron chi connectivity index (χ0n) is 14.0. The summed E-state index contributed by atoms with van der Waals surface area (Å²) in [5, 5.41) is 11.0. The van der Waals surface area contributed by atoms with Gasteiger partial charge in [-0.05, 0) is 30.7 Å². The lowest BCUT2D eigenvalue weighted by atomic mass is 10.2. The van der Waals surface area contributed by atoms with E-state index in [1.807, 2.05) is 55.6 Å². The van der Waals surface area contributed by atoms with Gasteiger partial charge in [-0.15, -0.1) is 0 Å². The third-order valence-corrected chi connectivity index (χ3v) is 4.18. The number of ether oxygens (including phenoxy) is 1. The topological polar surface area (TPSA) is 58.5 Å². The maximum Gasteiger partial charge on any atom is 0.156 e. The van der Waals surface area contributed by atoms with Crippen molar-refractivity contribution in [2.24, 2.45) is 0 Å². The standard InChI is InChI=1S/C19H20ClN3O2/c1-23(11-6-12-25-17-10-5-3-8-15(17)20)19-14-7-2-4-9-16(14)21-18(13-24)22-19/h2-5,7-10,24H,6,11-13H2,1H3. The first-order chi connectivity index (χ1) is 12.2. The third-order valence-electron chi connectivity index (χ3n) is 3.86. The van der Waals surface area contributed by atoms with E-state index in [2.05, 4.69) is 14.9 Å². The van der Waals surface area contributed by atoms with E-state index in [1.54, 1.807) is 0 Å². The van der Waals surface area contributed by atoms with E-state index < -0.39 is 0 Å². The van der Waals surface area contributed by atoms with Crippen molar-refractivity contribution < 1.29 is 9.84 Å². The number of hydrogen-bond donors (Lipinski definition) is 1. The van der Waals surface area contributed by atoms with Gasteiger partial charge in [0.2, 0.25) is 0 Å². The van der Waals surface area contributed by atoms with Crippen LogP contribution >= 0.6 is 11.6 Å². The highest BCUT2D eigenvalue weighted by Crippen LogP contribution is 2.24. The minimum Gasteiger partial charge on any atom is -0.492 e. The number of rotatable bonds is 7. The molecule has 2 aromatic carbocycles. The molecule has 0 fully saturated rings. The number of aromatic nitrogens is 2. The number of hydrogen-bond acceptors (Lipinski definition) is 5. The molecule has 0 saturated heterocycles. The molecule has 6 heteroatoms. The molecule has 130 valence electrons. The molecule has 1 aromatic heterocycles. The number of aliphatic hydroxyl groups is 1. The van der Waals surface area contributed by atoms with Crippen LogP contribution in [0.1, 0.15) is 12.2 Å². The minimum absolute atomic E-state index is 0.179. The van der Waals surface area contributed by atoms with Gasteiger partial charge in [-0.25, -0.2) is 9.97 Å². The molecule has 0 aliphatic carbocycles. The zero-order chi connectivity index (χ0) is 17.6. The van der Waals surface area contributed by atoms with Crippen molar-refractivity contribution >= 4 is 28.3 Å². The number of nitrogens with zero attached hydrogens (tertiary/aromatic N) is 3. The van der Waals surface area contributed by atoms with Crippen LogP contribution in [0.3, 0.4) is 0 Å². The number of benzene rings is 2. The molecule has 0 unspecified atom stereocenters. The number of aliphatic hydroxyl groups excluding tert-OH is 1. The summed E-state index contributed by atoms with van der Waals surface area (Å²) in [6, 6.07) is 15.2. The maximum atomic E-state index is 9.39. The van der Waals surface area contributed by atoms with Crippen molar-refractivity contribution in [3.63, 3.8) is 0 Å². The molecule has 0 atom stereocenters. The van der Waals surface area contributed by atoms with Crippen molar-refractivity contribution in [2.45, 2.75) is 13.0 Å². The van der Waals surface area contributed by atoms with Gasteiger partial charge in [0.05, 0.1) is 17.1 Å². The minimum atomic E-state index is -0.179. The summed E-state index contributed by atoms with van der Waals surface area (Å²) in [7, 11) is 1.98. The Labute approximate surface area is 151 Å². The highest BCUT2D eigenvalue weighted by Gasteiger charge is 2.11. The first kappa shape index (κ1) is 17.5. The SMILES string of the molecule is CN(CCCOc1ccccc1Cl)c1nc(CO)nc2ccccc12. The second kappa shape index (κ2) is 8.14. The fourth-order valence-electron chi connectivity index (χ4n) is 2.62. The van der Waals surface area contributed by atoms with Gasteiger partial charge in [0.1, 0.15) is 18.2 Å². The predicted octanol–water partition coefficient (Wildman–Crippen LogP) is 3.68. The molecular weight excluding hydrogens is 338 g/mol. The predicted molar refractivity (Wildman–Crippen MR) is 100 cm³/mol. The van der Waals surface area contributed by atoms with Crippen LogP contribution in [-0.2, 0) is 6.61 Å². The number of halogens is 1. The van der Waals surface area contributed by atoms with Gasteiger partial charge in [0.15, 0.2) is 5.82 Å². The molecule has 0 saturated carbocycles. The molecule has 3 aromatic rings. The van der Waals surface area contributed by atoms with E-state index in [1.165, 1.54) is 0 Å². The Morgan fingerprint density at radius 3 is 2.64 bits per heavy atom. The molecule has 0 aliphatic heterocycles. The lowest BCUT2D eigenvalue weighted by Gasteiger charge is -2.20. The second-order valence-corrected chi connectivity index (χ2v) is 6.10. The van der Waals surface area contributed by atoms with Gasteiger partial charge < -0.3 is 14.7 Å². The lowest BCUT2D eigenvalue weighted by Crippen LogP contribution is -2.22. The van der Waals surface area contributed by atoms with Crippen molar-refractivity contribution in [1.29, 1.82) is 0 Å². The second-order valence-electron chi connectivity index (χ2n) is 5.69. The van der Waals surface area contributed by atoms with E-state index in [0.29, 0.717) is 23.2 Å². The molecule has 0 bridgehead atoms.